The summed E-state index contributed by atoms with van der Waals surface area (Å²) in [4.78, 5) is 0. The van der Waals surface area contributed by atoms with E-state index in [4.69, 9.17) is 0 Å². The molecule has 1 aromatic carbocycles. The third-order valence-electron chi connectivity index (χ3n) is 1.62. The van der Waals surface area contributed by atoms with Gasteiger partial charge in [-0.15, -0.1) is 0 Å². The molecule has 0 saturated heterocycles. The van der Waals surface area contributed by atoms with Crippen LogP contribution in [0.1, 0.15) is 11.1 Å². The zero-order chi connectivity index (χ0) is 11.9. The van der Waals surface area contributed by atoms with Crippen LogP contribution in [0.4, 0.5) is 26.3 Å². The van der Waals surface area contributed by atoms with Crippen molar-refractivity contribution in [1.82, 2.24) is 0 Å². The van der Waals surface area contributed by atoms with Gasteiger partial charge in [0.05, 0.1) is 5.56 Å². The van der Waals surface area contributed by atoms with Gasteiger partial charge in [0.1, 0.15) is 5.56 Å². The lowest BCUT2D eigenvalue weighted by Gasteiger charge is -2.14. The van der Waals surface area contributed by atoms with Gasteiger partial charge < -0.3 is 0 Å². The summed E-state index contributed by atoms with van der Waals surface area (Å²) in [5, 5.41) is 10.7. The largest absolute Gasteiger partial charge is 0.420 e. The van der Waals surface area contributed by atoms with E-state index < -0.39 is 29.2 Å². The van der Waals surface area contributed by atoms with Crippen LogP contribution in [0.3, 0.4) is 0 Å². The van der Waals surface area contributed by atoms with E-state index in [0.29, 0.717) is 12.1 Å². The maximum Gasteiger partial charge on any atom is 0.420 e. The zero-order valence-corrected chi connectivity index (χ0v) is 6.91. The van der Waals surface area contributed by atoms with Crippen LogP contribution in [0.25, 0.3) is 0 Å². The zero-order valence-electron chi connectivity index (χ0n) is 6.91. The fourth-order valence-electron chi connectivity index (χ4n) is 1.06. The predicted molar refractivity (Wildman–Crippen MR) is 36.6 cm³/mol. The molecule has 1 radical (unpaired) electrons. The molecule has 83 valence electrons. The number of hydrogen-bond donors (Lipinski definition) is 0. The topological polar surface area (TPSA) is 19.9 Å². The Morgan fingerprint density at radius 1 is 0.867 bits per heavy atom. The number of halogens is 6. The Kier molecular flexibility index (Phi) is 2.58. The number of hydrogen-bond acceptors (Lipinski definition) is 0. The summed E-state index contributed by atoms with van der Waals surface area (Å²) in [5.74, 6) is -1.68. The van der Waals surface area contributed by atoms with Crippen LogP contribution < -0.4 is 0 Å². The quantitative estimate of drug-likeness (QED) is 0.602. The molecule has 0 atom stereocenters. The van der Waals surface area contributed by atoms with Gasteiger partial charge in [0, 0.05) is 0 Å². The van der Waals surface area contributed by atoms with Gasteiger partial charge in [-0.2, -0.15) is 26.3 Å². The molecule has 0 N–H and O–H groups in total. The van der Waals surface area contributed by atoms with Crippen molar-refractivity contribution in [3.8, 4) is 5.75 Å². The molecule has 0 bridgehead atoms. The maximum atomic E-state index is 12.1. The van der Waals surface area contributed by atoms with Crippen LogP contribution in [0.5, 0.6) is 5.75 Å². The van der Waals surface area contributed by atoms with Crippen LogP contribution in [0.15, 0.2) is 18.2 Å². The fraction of sp³-hybridized carbons (Fsp3) is 0.250. The normalized spacial score (nSPS) is 12.9. The highest BCUT2D eigenvalue weighted by Crippen LogP contribution is 2.44. The Bertz CT molecular complexity index is 364. The SMILES string of the molecule is [O]c1cccc(C(F)(F)F)c1C(F)(F)F. The first kappa shape index (κ1) is 11.7. The van der Waals surface area contributed by atoms with Crippen molar-refractivity contribution in [2.24, 2.45) is 0 Å². The van der Waals surface area contributed by atoms with Crippen molar-refractivity contribution >= 4 is 0 Å². The van der Waals surface area contributed by atoms with Crippen molar-refractivity contribution < 1.29 is 31.4 Å². The minimum atomic E-state index is -5.30. The van der Waals surface area contributed by atoms with Gasteiger partial charge >= 0.3 is 12.4 Å². The molecule has 15 heavy (non-hydrogen) atoms. The molecule has 0 aliphatic rings. The highest BCUT2D eigenvalue weighted by atomic mass is 19.4. The molecule has 1 rings (SSSR count). The Morgan fingerprint density at radius 2 is 1.40 bits per heavy atom. The monoisotopic (exact) mass is 229 g/mol. The third-order valence-corrected chi connectivity index (χ3v) is 1.62. The van der Waals surface area contributed by atoms with Gasteiger partial charge in [-0.3, -0.25) is 5.11 Å². The maximum absolute atomic E-state index is 12.1. The first-order valence-electron chi connectivity index (χ1n) is 3.58. The molecular formula is C8H3F6O. The van der Waals surface area contributed by atoms with E-state index in [-0.39, 0.29) is 6.07 Å². The number of rotatable bonds is 0. The molecule has 0 aromatic heterocycles. The summed E-state index contributed by atoms with van der Waals surface area (Å²) in [7, 11) is 0. The number of benzene rings is 1. The van der Waals surface area contributed by atoms with Crippen LogP contribution in [-0.2, 0) is 17.5 Å². The average molecular weight is 229 g/mol. The molecule has 0 saturated carbocycles. The van der Waals surface area contributed by atoms with E-state index >= 15 is 0 Å². The van der Waals surface area contributed by atoms with E-state index in [0.717, 1.165) is 0 Å². The van der Waals surface area contributed by atoms with Gasteiger partial charge in [0.15, 0.2) is 5.75 Å². The first-order chi connectivity index (χ1) is 6.64. The molecule has 1 aromatic rings. The summed E-state index contributed by atoms with van der Waals surface area (Å²) in [5.41, 5.74) is -4.12. The van der Waals surface area contributed by atoms with Crippen molar-refractivity contribution in [3.05, 3.63) is 29.3 Å². The third kappa shape index (κ3) is 2.34. The highest BCUT2D eigenvalue weighted by molar-refractivity contribution is 5.42. The van der Waals surface area contributed by atoms with Crippen molar-refractivity contribution in [2.75, 3.05) is 0 Å². The molecule has 0 spiro atoms. The summed E-state index contributed by atoms with van der Waals surface area (Å²) < 4.78 is 72.8. The second kappa shape index (κ2) is 3.32. The van der Waals surface area contributed by atoms with Crippen LogP contribution in [0.2, 0.25) is 0 Å². The molecule has 7 heteroatoms. The molecule has 0 unspecified atom stereocenters. The summed E-state index contributed by atoms with van der Waals surface area (Å²) >= 11 is 0. The van der Waals surface area contributed by atoms with E-state index in [1.165, 1.54) is 0 Å². The van der Waals surface area contributed by atoms with E-state index in [2.05, 4.69) is 0 Å². The Hall–Kier alpha value is -1.40. The Balaban J connectivity index is 3.48. The van der Waals surface area contributed by atoms with E-state index in [1.807, 2.05) is 0 Å². The van der Waals surface area contributed by atoms with E-state index in [9.17, 15) is 31.4 Å². The molecule has 0 aliphatic carbocycles. The lowest BCUT2D eigenvalue weighted by Crippen LogP contribution is -2.16. The van der Waals surface area contributed by atoms with Crippen molar-refractivity contribution in [1.29, 1.82) is 0 Å². The van der Waals surface area contributed by atoms with Crippen LogP contribution in [-0.4, -0.2) is 0 Å². The molecule has 0 aliphatic heterocycles. The van der Waals surface area contributed by atoms with Crippen molar-refractivity contribution in [2.45, 2.75) is 12.4 Å². The van der Waals surface area contributed by atoms with Gasteiger partial charge in [0.25, 0.3) is 0 Å². The average Bonchev–Trinajstić information content (AvgIpc) is 1.99. The minimum absolute atomic E-state index is 0.226. The second-order valence-corrected chi connectivity index (χ2v) is 2.67. The molecular weight excluding hydrogens is 226 g/mol. The van der Waals surface area contributed by atoms with Crippen LogP contribution >= 0.6 is 0 Å². The summed E-state index contributed by atoms with van der Waals surface area (Å²) in [6.45, 7) is 0. The van der Waals surface area contributed by atoms with E-state index in [1.54, 1.807) is 0 Å². The lowest BCUT2D eigenvalue weighted by molar-refractivity contribution is -0.163. The van der Waals surface area contributed by atoms with Crippen molar-refractivity contribution in [3.63, 3.8) is 0 Å². The van der Waals surface area contributed by atoms with Gasteiger partial charge in [-0.25, -0.2) is 0 Å². The summed E-state index contributed by atoms with van der Waals surface area (Å²) in [6, 6.07) is 1.31. The molecule has 0 heterocycles. The fourth-order valence-corrected chi connectivity index (χ4v) is 1.06. The van der Waals surface area contributed by atoms with Gasteiger partial charge in [-0.05, 0) is 12.1 Å². The standard InChI is InChI=1S/C8H3F6O/c9-7(10,11)4-2-1-3-5(15)6(4)8(12,13)14/h1-3H. The Labute approximate surface area is 79.9 Å². The molecule has 1 nitrogen and oxygen atoms in total. The van der Waals surface area contributed by atoms with Crippen LogP contribution in [0, 0.1) is 0 Å². The molecule has 0 fully saturated rings. The lowest BCUT2D eigenvalue weighted by atomic mass is 10.1. The van der Waals surface area contributed by atoms with Gasteiger partial charge in [0.2, 0.25) is 0 Å². The summed E-state index contributed by atoms with van der Waals surface area (Å²) in [6.07, 6.45) is -10.5. The first-order valence-corrected chi connectivity index (χ1v) is 3.58. The number of alkyl halides is 6. The Morgan fingerprint density at radius 3 is 1.73 bits per heavy atom. The smallest absolute Gasteiger partial charge is 0.289 e. The molecule has 0 amide bonds. The highest BCUT2D eigenvalue weighted by Gasteiger charge is 2.45. The predicted octanol–water partition coefficient (Wildman–Crippen LogP) is 3.87. The minimum Gasteiger partial charge on any atom is -0.289 e. The second-order valence-electron chi connectivity index (χ2n) is 2.67. The van der Waals surface area contributed by atoms with Gasteiger partial charge in [-0.1, -0.05) is 6.07 Å².